The summed E-state index contributed by atoms with van der Waals surface area (Å²) in [4.78, 5) is 0.0746. The highest BCUT2D eigenvalue weighted by Gasteiger charge is 2.05. The molecule has 0 aliphatic heterocycles. The maximum Gasteiger partial charge on any atom is 0.238 e. The molecule has 0 radical (unpaired) electrons. The molecule has 0 atom stereocenters. The fourth-order valence-corrected chi connectivity index (χ4v) is 1.95. The van der Waals surface area contributed by atoms with Gasteiger partial charge >= 0.3 is 0 Å². The second kappa shape index (κ2) is 5.14. The highest BCUT2D eigenvalue weighted by molar-refractivity contribution is 7.89. The van der Waals surface area contributed by atoms with Gasteiger partial charge in [-0.05, 0) is 48.5 Å². The highest BCUT2D eigenvalue weighted by atomic mass is 32.2. The lowest BCUT2D eigenvalue weighted by Crippen LogP contribution is -2.11. The minimum Gasteiger partial charge on any atom is -0.399 e. The molecule has 2 rings (SSSR count). The third kappa shape index (κ3) is 3.58. The number of hydrogen-bond acceptors (Lipinski definition) is 3. The Bertz CT molecular complexity index is 737. The van der Waals surface area contributed by atoms with Gasteiger partial charge in [-0.2, -0.15) is 0 Å². The van der Waals surface area contributed by atoms with Gasteiger partial charge in [-0.25, -0.2) is 13.6 Å². The average molecular weight is 272 g/mol. The van der Waals surface area contributed by atoms with Gasteiger partial charge in [0.15, 0.2) is 0 Å². The van der Waals surface area contributed by atoms with E-state index in [0.717, 1.165) is 5.56 Å². The molecule has 0 spiro atoms. The van der Waals surface area contributed by atoms with E-state index in [1.165, 1.54) is 12.1 Å². The lowest BCUT2D eigenvalue weighted by molar-refractivity contribution is 0.598. The summed E-state index contributed by atoms with van der Waals surface area (Å²) in [5.74, 6) is 5.89. The van der Waals surface area contributed by atoms with Gasteiger partial charge in [-0.1, -0.05) is 11.8 Å². The summed E-state index contributed by atoms with van der Waals surface area (Å²) in [6.45, 7) is 0. The first kappa shape index (κ1) is 13.1. The first-order valence-corrected chi connectivity index (χ1v) is 7.00. The summed E-state index contributed by atoms with van der Waals surface area (Å²) in [6.07, 6.45) is 0. The first-order valence-electron chi connectivity index (χ1n) is 5.45. The molecular formula is C14H12N2O2S. The molecule has 0 saturated carbocycles. The van der Waals surface area contributed by atoms with Gasteiger partial charge in [-0.3, -0.25) is 0 Å². The van der Waals surface area contributed by atoms with E-state index in [9.17, 15) is 8.42 Å². The molecule has 0 saturated heterocycles. The molecule has 0 fully saturated rings. The Morgan fingerprint density at radius 1 is 0.789 bits per heavy atom. The van der Waals surface area contributed by atoms with E-state index in [0.29, 0.717) is 11.3 Å². The second-order valence-corrected chi connectivity index (χ2v) is 5.50. The first-order chi connectivity index (χ1) is 8.95. The topological polar surface area (TPSA) is 86.2 Å². The van der Waals surface area contributed by atoms with Gasteiger partial charge < -0.3 is 5.73 Å². The van der Waals surface area contributed by atoms with Gasteiger partial charge in [0.2, 0.25) is 10.0 Å². The average Bonchev–Trinajstić information content (AvgIpc) is 2.37. The summed E-state index contributed by atoms with van der Waals surface area (Å²) < 4.78 is 22.2. The normalized spacial score (nSPS) is 10.6. The molecular weight excluding hydrogens is 260 g/mol. The van der Waals surface area contributed by atoms with Crippen molar-refractivity contribution in [2.24, 2.45) is 5.14 Å². The fourth-order valence-electron chi connectivity index (χ4n) is 1.44. The highest BCUT2D eigenvalue weighted by Crippen LogP contribution is 2.08. The van der Waals surface area contributed by atoms with Gasteiger partial charge in [-0.15, -0.1) is 0 Å². The Balaban J connectivity index is 2.23. The number of primary sulfonamides is 1. The number of sulfonamides is 1. The van der Waals surface area contributed by atoms with E-state index in [2.05, 4.69) is 11.8 Å². The van der Waals surface area contributed by atoms with E-state index in [-0.39, 0.29) is 4.90 Å². The quantitative estimate of drug-likeness (QED) is 0.606. The summed E-state index contributed by atoms with van der Waals surface area (Å²) in [7, 11) is -3.65. The fraction of sp³-hybridized carbons (Fsp3) is 0. The number of rotatable bonds is 1. The van der Waals surface area contributed by atoms with Crippen molar-refractivity contribution in [1.29, 1.82) is 0 Å². The van der Waals surface area contributed by atoms with Crippen molar-refractivity contribution in [3.63, 3.8) is 0 Å². The molecule has 19 heavy (non-hydrogen) atoms. The van der Waals surface area contributed by atoms with Crippen LogP contribution >= 0.6 is 0 Å². The van der Waals surface area contributed by atoms with Crippen LogP contribution in [0.15, 0.2) is 53.4 Å². The number of anilines is 1. The van der Waals surface area contributed by atoms with Crippen LogP contribution < -0.4 is 10.9 Å². The third-order valence-corrected chi connectivity index (χ3v) is 3.37. The lowest BCUT2D eigenvalue weighted by Gasteiger charge is -1.97. The molecule has 0 heterocycles. The summed E-state index contributed by atoms with van der Waals surface area (Å²) >= 11 is 0. The lowest BCUT2D eigenvalue weighted by atomic mass is 10.2. The van der Waals surface area contributed by atoms with Gasteiger partial charge in [0.1, 0.15) is 0 Å². The molecule has 0 unspecified atom stereocenters. The monoisotopic (exact) mass is 272 g/mol. The van der Waals surface area contributed by atoms with Crippen LogP contribution in [0.1, 0.15) is 11.1 Å². The zero-order valence-corrected chi connectivity index (χ0v) is 10.8. The van der Waals surface area contributed by atoms with Gasteiger partial charge in [0, 0.05) is 16.8 Å². The number of hydrogen-bond donors (Lipinski definition) is 2. The predicted molar refractivity (Wildman–Crippen MR) is 74.6 cm³/mol. The maximum atomic E-state index is 11.1. The second-order valence-electron chi connectivity index (χ2n) is 3.94. The Hall–Kier alpha value is -2.29. The minimum atomic E-state index is -3.65. The van der Waals surface area contributed by atoms with Crippen LogP contribution in [-0.4, -0.2) is 8.42 Å². The molecule has 0 amide bonds. The zero-order chi connectivity index (χ0) is 13.9. The van der Waals surface area contributed by atoms with Gasteiger partial charge in [0.25, 0.3) is 0 Å². The molecule has 0 aliphatic rings. The molecule has 4 N–H and O–H groups in total. The molecule has 0 aliphatic carbocycles. The number of nitrogen functional groups attached to an aromatic ring is 1. The van der Waals surface area contributed by atoms with Gasteiger partial charge in [0.05, 0.1) is 4.90 Å². The van der Waals surface area contributed by atoms with Crippen molar-refractivity contribution in [2.75, 3.05) is 5.73 Å². The van der Waals surface area contributed by atoms with Crippen molar-refractivity contribution in [1.82, 2.24) is 0 Å². The molecule has 2 aromatic carbocycles. The van der Waals surface area contributed by atoms with Crippen LogP contribution in [0, 0.1) is 11.8 Å². The van der Waals surface area contributed by atoms with Crippen molar-refractivity contribution >= 4 is 15.7 Å². The predicted octanol–water partition coefficient (Wildman–Crippen LogP) is 1.32. The molecule has 96 valence electrons. The molecule has 2 aromatic rings. The molecule has 0 bridgehead atoms. The van der Waals surface area contributed by atoms with Crippen LogP contribution in [0.5, 0.6) is 0 Å². The summed E-state index contributed by atoms with van der Waals surface area (Å²) in [6, 6.07) is 13.3. The Morgan fingerprint density at radius 3 is 1.63 bits per heavy atom. The van der Waals surface area contributed by atoms with E-state index >= 15 is 0 Å². The Labute approximate surface area is 112 Å². The molecule has 5 heteroatoms. The Kier molecular flexibility index (Phi) is 3.56. The number of benzene rings is 2. The van der Waals surface area contributed by atoms with Crippen LogP contribution in [0.2, 0.25) is 0 Å². The van der Waals surface area contributed by atoms with E-state index in [1.807, 2.05) is 12.1 Å². The SMILES string of the molecule is Nc1ccc(C#Cc2ccc(S(N)(=O)=O)cc2)cc1. The Morgan fingerprint density at radius 2 is 1.21 bits per heavy atom. The van der Waals surface area contributed by atoms with E-state index < -0.39 is 10.0 Å². The van der Waals surface area contributed by atoms with Crippen molar-refractivity contribution in [3.05, 3.63) is 59.7 Å². The molecule has 0 aromatic heterocycles. The van der Waals surface area contributed by atoms with Crippen LogP contribution in [0.4, 0.5) is 5.69 Å². The minimum absolute atomic E-state index is 0.0746. The zero-order valence-electron chi connectivity index (χ0n) is 10.00. The van der Waals surface area contributed by atoms with Crippen molar-refractivity contribution < 1.29 is 8.42 Å². The largest absolute Gasteiger partial charge is 0.399 e. The van der Waals surface area contributed by atoms with E-state index in [1.54, 1.807) is 24.3 Å². The smallest absolute Gasteiger partial charge is 0.238 e. The third-order valence-electron chi connectivity index (χ3n) is 2.44. The van der Waals surface area contributed by atoms with E-state index in [4.69, 9.17) is 10.9 Å². The van der Waals surface area contributed by atoms with Crippen LogP contribution in [0.25, 0.3) is 0 Å². The summed E-state index contributed by atoms with van der Waals surface area (Å²) in [5.41, 5.74) is 7.81. The number of nitrogens with two attached hydrogens (primary N) is 2. The maximum absolute atomic E-state index is 11.1. The van der Waals surface area contributed by atoms with Crippen LogP contribution in [0.3, 0.4) is 0 Å². The summed E-state index contributed by atoms with van der Waals surface area (Å²) in [5, 5.41) is 5.01. The van der Waals surface area contributed by atoms with Crippen molar-refractivity contribution in [2.45, 2.75) is 4.90 Å². The molecule has 4 nitrogen and oxygen atoms in total. The standard InChI is InChI=1S/C14H12N2O2S/c15-13-7-3-11(4-8-13)1-2-12-5-9-14(10-6-12)19(16,17)18/h3-10H,15H2,(H2,16,17,18). The van der Waals surface area contributed by atoms with Crippen LogP contribution in [-0.2, 0) is 10.0 Å². The van der Waals surface area contributed by atoms with Crippen molar-refractivity contribution in [3.8, 4) is 11.8 Å².